The monoisotopic (exact) mass is 262 g/mol. The number of nitrogens with zero attached hydrogens (tertiary/aromatic N) is 1. The lowest BCUT2D eigenvalue weighted by atomic mass is 10.3. The number of hydrogen-bond acceptors (Lipinski definition) is 3. The van der Waals surface area contributed by atoms with Gasteiger partial charge < -0.3 is 10.1 Å². The zero-order valence-electron chi connectivity index (χ0n) is 10.3. The van der Waals surface area contributed by atoms with Crippen molar-refractivity contribution in [1.29, 1.82) is 0 Å². The lowest BCUT2D eigenvalue weighted by Gasteiger charge is -2.08. The van der Waals surface area contributed by atoms with Crippen molar-refractivity contribution in [2.45, 2.75) is 32.5 Å². The second-order valence-corrected chi connectivity index (χ2v) is 3.85. The van der Waals surface area contributed by atoms with Crippen molar-refractivity contribution < 1.29 is 17.9 Å². The average molecular weight is 262 g/mol. The van der Waals surface area contributed by atoms with E-state index in [0.29, 0.717) is 5.88 Å². The third-order valence-electron chi connectivity index (χ3n) is 2.23. The molecule has 1 rings (SSSR count). The van der Waals surface area contributed by atoms with E-state index in [4.69, 9.17) is 4.74 Å². The number of hydrogen-bond donors (Lipinski definition) is 1. The molecule has 0 atom stereocenters. The van der Waals surface area contributed by atoms with Gasteiger partial charge in [-0.15, -0.1) is 0 Å². The molecule has 1 N–H and O–H groups in total. The van der Waals surface area contributed by atoms with E-state index >= 15 is 0 Å². The second-order valence-electron chi connectivity index (χ2n) is 3.85. The van der Waals surface area contributed by atoms with E-state index in [1.165, 1.54) is 0 Å². The van der Waals surface area contributed by atoms with Crippen molar-refractivity contribution in [3.63, 3.8) is 0 Å². The number of ether oxygens (including phenoxy) is 1. The van der Waals surface area contributed by atoms with Crippen molar-refractivity contribution >= 4 is 0 Å². The van der Waals surface area contributed by atoms with Gasteiger partial charge in [-0.1, -0.05) is 13.0 Å². The molecule has 0 spiro atoms. The third-order valence-corrected chi connectivity index (χ3v) is 2.23. The van der Waals surface area contributed by atoms with E-state index in [9.17, 15) is 13.2 Å². The number of alkyl halides is 3. The fraction of sp³-hybridized carbons (Fsp3) is 0.583. The van der Waals surface area contributed by atoms with Crippen molar-refractivity contribution in [2.75, 3.05) is 13.2 Å². The molecular weight excluding hydrogens is 245 g/mol. The summed E-state index contributed by atoms with van der Waals surface area (Å²) in [7, 11) is 0. The van der Waals surface area contributed by atoms with Gasteiger partial charge in [0, 0.05) is 25.2 Å². The summed E-state index contributed by atoms with van der Waals surface area (Å²) < 4.78 is 40.8. The Balaban J connectivity index is 2.26. The number of halogens is 3. The smallest absolute Gasteiger partial charge is 0.389 e. The van der Waals surface area contributed by atoms with Crippen molar-refractivity contribution in [2.24, 2.45) is 0 Å². The van der Waals surface area contributed by atoms with E-state index in [1.54, 1.807) is 12.3 Å². The molecule has 1 heterocycles. The molecule has 18 heavy (non-hydrogen) atoms. The van der Waals surface area contributed by atoms with Gasteiger partial charge in [0.15, 0.2) is 0 Å². The predicted octanol–water partition coefficient (Wildman–Crippen LogP) is 2.91. The summed E-state index contributed by atoms with van der Waals surface area (Å²) in [5.41, 5.74) is 1.01. The van der Waals surface area contributed by atoms with Crippen LogP contribution in [0.4, 0.5) is 13.2 Å². The summed E-state index contributed by atoms with van der Waals surface area (Å²) in [4.78, 5) is 4.02. The van der Waals surface area contributed by atoms with Crippen LogP contribution >= 0.6 is 0 Å². The van der Waals surface area contributed by atoms with Crippen LogP contribution in [0.3, 0.4) is 0 Å². The molecule has 102 valence electrons. The summed E-state index contributed by atoms with van der Waals surface area (Å²) >= 11 is 0. The molecular formula is C12H17F3N2O. The normalized spacial score (nSPS) is 11.6. The highest BCUT2D eigenvalue weighted by Crippen LogP contribution is 2.21. The van der Waals surface area contributed by atoms with Crippen LogP contribution in [0.2, 0.25) is 0 Å². The van der Waals surface area contributed by atoms with Gasteiger partial charge in [0.1, 0.15) is 0 Å². The number of rotatable bonds is 7. The van der Waals surface area contributed by atoms with Crippen molar-refractivity contribution in [3.05, 3.63) is 23.9 Å². The molecule has 0 bridgehead atoms. The quantitative estimate of drug-likeness (QED) is 0.767. The molecule has 1 aromatic rings. The summed E-state index contributed by atoms with van der Waals surface area (Å²) in [6, 6.07) is 3.51. The molecule has 0 saturated carbocycles. The molecule has 0 aliphatic heterocycles. The largest absolute Gasteiger partial charge is 0.478 e. The topological polar surface area (TPSA) is 34.1 Å². The van der Waals surface area contributed by atoms with Crippen LogP contribution in [0.25, 0.3) is 0 Å². The Kier molecular flexibility index (Phi) is 5.91. The van der Waals surface area contributed by atoms with E-state index < -0.39 is 12.6 Å². The Morgan fingerprint density at radius 2 is 2.11 bits per heavy atom. The molecule has 0 aromatic carbocycles. The fourth-order valence-corrected chi connectivity index (χ4v) is 1.32. The minimum absolute atomic E-state index is 0.0269. The van der Waals surface area contributed by atoms with E-state index in [1.807, 2.05) is 13.0 Å². The van der Waals surface area contributed by atoms with Crippen LogP contribution in [-0.4, -0.2) is 24.3 Å². The Hall–Kier alpha value is -1.30. The predicted molar refractivity (Wildman–Crippen MR) is 62.4 cm³/mol. The van der Waals surface area contributed by atoms with E-state index in [2.05, 4.69) is 10.3 Å². The molecule has 0 aliphatic rings. The molecule has 6 heteroatoms. The van der Waals surface area contributed by atoms with Gasteiger partial charge in [-0.3, -0.25) is 0 Å². The van der Waals surface area contributed by atoms with Crippen molar-refractivity contribution in [3.8, 4) is 5.88 Å². The van der Waals surface area contributed by atoms with Crippen LogP contribution in [0.5, 0.6) is 5.88 Å². The fourth-order valence-electron chi connectivity index (χ4n) is 1.32. The molecule has 0 unspecified atom stereocenters. The van der Waals surface area contributed by atoms with Crippen molar-refractivity contribution in [1.82, 2.24) is 10.3 Å². The van der Waals surface area contributed by atoms with Gasteiger partial charge in [0.05, 0.1) is 6.61 Å². The van der Waals surface area contributed by atoms with Crippen LogP contribution < -0.4 is 10.1 Å². The lowest BCUT2D eigenvalue weighted by Crippen LogP contribution is -2.12. The summed E-state index contributed by atoms with van der Waals surface area (Å²) in [6.45, 7) is 3.62. The molecule has 0 aliphatic carbocycles. The molecule has 0 radical (unpaired) electrons. The highest BCUT2D eigenvalue weighted by molar-refractivity contribution is 5.17. The molecule has 0 saturated heterocycles. The summed E-state index contributed by atoms with van der Waals surface area (Å²) in [5, 5.41) is 3.15. The van der Waals surface area contributed by atoms with Gasteiger partial charge in [0.25, 0.3) is 0 Å². The molecule has 0 amide bonds. The maximum Gasteiger partial charge on any atom is 0.389 e. The van der Waals surface area contributed by atoms with Crippen LogP contribution in [0, 0.1) is 0 Å². The van der Waals surface area contributed by atoms with Gasteiger partial charge in [-0.25, -0.2) is 4.98 Å². The first-order valence-electron chi connectivity index (χ1n) is 5.86. The molecule has 0 fully saturated rings. The molecule has 1 aromatic heterocycles. The van der Waals surface area contributed by atoms with Crippen LogP contribution in [0.15, 0.2) is 18.3 Å². The maximum absolute atomic E-state index is 11.9. The van der Waals surface area contributed by atoms with Crippen LogP contribution in [-0.2, 0) is 6.54 Å². The zero-order valence-corrected chi connectivity index (χ0v) is 10.3. The Morgan fingerprint density at radius 3 is 2.67 bits per heavy atom. The van der Waals surface area contributed by atoms with E-state index in [0.717, 1.165) is 18.7 Å². The Bertz CT molecular complexity index is 338. The van der Waals surface area contributed by atoms with Crippen LogP contribution in [0.1, 0.15) is 25.3 Å². The minimum Gasteiger partial charge on any atom is -0.478 e. The lowest BCUT2D eigenvalue weighted by molar-refractivity contribution is -0.136. The maximum atomic E-state index is 11.9. The van der Waals surface area contributed by atoms with Gasteiger partial charge in [0.2, 0.25) is 5.88 Å². The average Bonchev–Trinajstić information content (AvgIpc) is 2.32. The number of pyridine rings is 1. The number of nitrogens with one attached hydrogen (secondary N) is 1. The first-order valence-corrected chi connectivity index (χ1v) is 5.86. The Labute approximate surface area is 104 Å². The Morgan fingerprint density at radius 1 is 1.33 bits per heavy atom. The standard InChI is InChI=1S/C12H17F3N2O/c1-2-16-8-10-4-5-11(17-9-10)18-7-3-6-12(13,14)15/h4-5,9,16H,2-3,6-8H2,1H3. The first kappa shape index (κ1) is 14.8. The SMILES string of the molecule is CCNCc1ccc(OCCCC(F)(F)F)nc1. The minimum atomic E-state index is -4.12. The highest BCUT2D eigenvalue weighted by Gasteiger charge is 2.26. The first-order chi connectivity index (χ1) is 8.51. The van der Waals surface area contributed by atoms with Gasteiger partial charge in [-0.2, -0.15) is 13.2 Å². The highest BCUT2D eigenvalue weighted by atomic mass is 19.4. The number of aromatic nitrogens is 1. The van der Waals surface area contributed by atoms with Gasteiger partial charge >= 0.3 is 6.18 Å². The third kappa shape index (κ3) is 6.44. The second kappa shape index (κ2) is 7.20. The molecule has 3 nitrogen and oxygen atoms in total. The van der Waals surface area contributed by atoms with Gasteiger partial charge in [-0.05, 0) is 18.5 Å². The zero-order chi connectivity index (χ0) is 13.4. The van der Waals surface area contributed by atoms with E-state index in [-0.39, 0.29) is 13.0 Å². The summed E-state index contributed by atoms with van der Waals surface area (Å²) in [6.07, 6.45) is -3.34. The summed E-state index contributed by atoms with van der Waals surface area (Å²) in [5.74, 6) is 0.359.